The van der Waals surface area contributed by atoms with Gasteiger partial charge in [-0.05, 0) is 25.5 Å². The molecule has 0 saturated carbocycles. The first-order valence-electron chi connectivity index (χ1n) is 4.79. The number of ether oxygens (including phenoxy) is 1. The Morgan fingerprint density at radius 2 is 2.29 bits per heavy atom. The topological polar surface area (TPSA) is 21.3 Å². The van der Waals surface area contributed by atoms with Crippen molar-refractivity contribution >= 4 is 17.4 Å². The minimum absolute atomic E-state index is 0.517. The summed E-state index contributed by atoms with van der Waals surface area (Å²) in [5.41, 5.74) is 2.49. The molecule has 1 heterocycles. The fourth-order valence-corrected chi connectivity index (χ4v) is 2.76. The van der Waals surface area contributed by atoms with Crippen LogP contribution in [0.5, 0.6) is 5.75 Å². The van der Waals surface area contributed by atoms with Gasteiger partial charge < -0.3 is 10.1 Å². The Kier molecular flexibility index (Phi) is 2.59. The van der Waals surface area contributed by atoms with E-state index in [0.29, 0.717) is 6.04 Å². The highest BCUT2D eigenvalue weighted by Crippen LogP contribution is 2.41. The van der Waals surface area contributed by atoms with Crippen molar-refractivity contribution in [2.45, 2.75) is 24.8 Å². The number of rotatable bonds is 1. The molecule has 0 saturated heterocycles. The molecule has 2 nitrogen and oxygen atoms in total. The lowest BCUT2D eigenvalue weighted by Gasteiger charge is -2.26. The Morgan fingerprint density at radius 3 is 3.00 bits per heavy atom. The van der Waals surface area contributed by atoms with Gasteiger partial charge in [-0.25, -0.2) is 0 Å². The second-order valence-corrected chi connectivity index (χ2v) is 4.68. The molecule has 3 heteroatoms. The van der Waals surface area contributed by atoms with Crippen molar-refractivity contribution in [2.75, 3.05) is 18.2 Å². The van der Waals surface area contributed by atoms with Crippen LogP contribution in [0.1, 0.15) is 12.5 Å². The summed E-state index contributed by atoms with van der Waals surface area (Å²) in [6.07, 6.45) is 0. The molecular formula is C11H15NOS. The van der Waals surface area contributed by atoms with Crippen LogP contribution < -0.4 is 10.1 Å². The molecule has 0 amide bonds. The van der Waals surface area contributed by atoms with Gasteiger partial charge in [0.25, 0.3) is 0 Å². The normalized spacial score (nSPS) is 19.8. The van der Waals surface area contributed by atoms with Crippen LogP contribution in [0, 0.1) is 6.92 Å². The number of nitrogens with one attached hydrogen (secondary N) is 1. The minimum Gasteiger partial charge on any atom is -0.495 e. The van der Waals surface area contributed by atoms with Crippen LogP contribution in [-0.2, 0) is 0 Å². The van der Waals surface area contributed by atoms with E-state index in [1.807, 2.05) is 17.8 Å². The number of hydrogen-bond acceptors (Lipinski definition) is 3. The summed E-state index contributed by atoms with van der Waals surface area (Å²) in [6, 6.07) is 4.66. The van der Waals surface area contributed by atoms with Crippen molar-refractivity contribution in [3.63, 3.8) is 0 Å². The maximum atomic E-state index is 5.34. The number of benzene rings is 1. The van der Waals surface area contributed by atoms with E-state index in [9.17, 15) is 0 Å². The third kappa shape index (κ3) is 1.57. The molecular weight excluding hydrogens is 194 g/mol. The van der Waals surface area contributed by atoms with Crippen molar-refractivity contribution < 1.29 is 4.74 Å². The number of aryl methyl sites for hydroxylation is 1. The first-order chi connectivity index (χ1) is 6.72. The zero-order chi connectivity index (χ0) is 10.1. The highest BCUT2D eigenvalue weighted by atomic mass is 32.2. The number of fused-ring (bicyclic) bond motifs is 1. The molecule has 0 bridgehead atoms. The maximum Gasteiger partial charge on any atom is 0.143 e. The van der Waals surface area contributed by atoms with Crippen LogP contribution in [-0.4, -0.2) is 18.9 Å². The first kappa shape index (κ1) is 9.71. The molecule has 1 unspecified atom stereocenters. The van der Waals surface area contributed by atoms with Gasteiger partial charge in [-0.15, -0.1) is 11.8 Å². The molecule has 1 N–H and O–H groups in total. The summed E-state index contributed by atoms with van der Waals surface area (Å²) >= 11 is 1.91. The minimum atomic E-state index is 0.517. The summed E-state index contributed by atoms with van der Waals surface area (Å²) in [5.74, 6) is 2.07. The first-order valence-corrected chi connectivity index (χ1v) is 5.78. The van der Waals surface area contributed by atoms with Crippen molar-refractivity contribution in [2.24, 2.45) is 0 Å². The Morgan fingerprint density at radius 1 is 1.50 bits per heavy atom. The van der Waals surface area contributed by atoms with E-state index in [1.54, 1.807) is 7.11 Å². The van der Waals surface area contributed by atoms with Crippen molar-refractivity contribution in [1.82, 2.24) is 0 Å². The molecule has 1 aromatic rings. The lowest BCUT2D eigenvalue weighted by Crippen LogP contribution is -2.22. The Hall–Kier alpha value is -0.830. The predicted octanol–water partition coefficient (Wildman–Crippen LogP) is 2.91. The molecule has 76 valence electrons. The van der Waals surface area contributed by atoms with E-state index >= 15 is 0 Å². The van der Waals surface area contributed by atoms with Gasteiger partial charge in [-0.1, -0.05) is 6.07 Å². The molecule has 0 aromatic heterocycles. The average Bonchev–Trinajstić information content (AvgIpc) is 2.18. The van der Waals surface area contributed by atoms with Gasteiger partial charge in [-0.2, -0.15) is 0 Å². The molecule has 1 aromatic carbocycles. The third-order valence-corrected chi connectivity index (χ3v) is 3.89. The second kappa shape index (κ2) is 3.73. The molecule has 1 atom stereocenters. The fourth-order valence-electron chi connectivity index (χ4n) is 1.66. The fraction of sp³-hybridized carbons (Fsp3) is 0.455. The zero-order valence-corrected chi connectivity index (χ0v) is 9.57. The van der Waals surface area contributed by atoms with Crippen LogP contribution in [0.3, 0.4) is 0 Å². The Balaban J connectivity index is 2.49. The summed E-state index contributed by atoms with van der Waals surface area (Å²) in [6.45, 7) is 4.33. The standard InChI is InChI=1S/C11H15NOS/c1-7-4-5-9(13-3)10-11(7)14-6-8(2)12-10/h4-5,8,12H,6H2,1-3H3. The molecule has 1 aliphatic rings. The number of anilines is 1. The average molecular weight is 209 g/mol. The van der Waals surface area contributed by atoms with Crippen LogP contribution in [0.25, 0.3) is 0 Å². The van der Waals surface area contributed by atoms with Gasteiger partial charge in [0.05, 0.1) is 12.8 Å². The lowest BCUT2D eigenvalue weighted by atomic mass is 10.2. The van der Waals surface area contributed by atoms with Gasteiger partial charge >= 0.3 is 0 Å². The number of hydrogen-bond donors (Lipinski definition) is 1. The highest BCUT2D eigenvalue weighted by molar-refractivity contribution is 7.99. The monoisotopic (exact) mass is 209 g/mol. The predicted molar refractivity (Wildman–Crippen MR) is 61.5 cm³/mol. The highest BCUT2D eigenvalue weighted by Gasteiger charge is 2.19. The molecule has 14 heavy (non-hydrogen) atoms. The summed E-state index contributed by atoms with van der Waals surface area (Å²) in [7, 11) is 1.72. The van der Waals surface area contributed by atoms with E-state index < -0.39 is 0 Å². The lowest BCUT2D eigenvalue weighted by molar-refractivity contribution is 0.415. The van der Waals surface area contributed by atoms with Crippen molar-refractivity contribution in [1.29, 1.82) is 0 Å². The SMILES string of the molecule is COc1ccc(C)c2c1NC(C)CS2. The smallest absolute Gasteiger partial charge is 0.143 e. The molecule has 1 aliphatic heterocycles. The van der Waals surface area contributed by atoms with E-state index in [-0.39, 0.29) is 0 Å². The maximum absolute atomic E-state index is 5.34. The number of thioether (sulfide) groups is 1. The van der Waals surface area contributed by atoms with Crippen molar-refractivity contribution in [3.05, 3.63) is 17.7 Å². The van der Waals surface area contributed by atoms with E-state index in [4.69, 9.17) is 4.74 Å². The Bertz CT molecular complexity index is 351. The summed E-state index contributed by atoms with van der Waals surface area (Å²) in [4.78, 5) is 1.34. The summed E-state index contributed by atoms with van der Waals surface area (Å²) < 4.78 is 5.34. The zero-order valence-electron chi connectivity index (χ0n) is 8.76. The largest absolute Gasteiger partial charge is 0.495 e. The molecule has 0 spiro atoms. The van der Waals surface area contributed by atoms with E-state index in [0.717, 1.165) is 17.2 Å². The van der Waals surface area contributed by atoms with Gasteiger partial charge in [-0.3, -0.25) is 0 Å². The van der Waals surface area contributed by atoms with Crippen LogP contribution in [0.15, 0.2) is 17.0 Å². The van der Waals surface area contributed by atoms with Gasteiger partial charge in [0.15, 0.2) is 0 Å². The van der Waals surface area contributed by atoms with Crippen LogP contribution in [0.4, 0.5) is 5.69 Å². The van der Waals surface area contributed by atoms with Crippen LogP contribution >= 0.6 is 11.8 Å². The van der Waals surface area contributed by atoms with Gasteiger partial charge in [0.1, 0.15) is 5.75 Å². The van der Waals surface area contributed by atoms with E-state index in [1.165, 1.54) is 10.5 Å². The van der Waals surface area contributed by atoms with Gasteiger partial charge in [0.2, 0.25) is 0 Å². The summed E-state index contributed by atoms with van der Waals surface area (Å²) in [5, 5.41) is 3.47. The molecule has 0 radical (unpaired) electrons. The van der Waals surface area contributed by atoms with Gasteiger partial charge in [0, 0.05) is 16.7 Å². The Labute approximate surface area is 89.0 Å². The second-order valence-electron chi connectivity index (χ2n) is 3.65. The van der Waals surface area contributed by atoms with E-state index in [2.05, 4.69) is 25.2 Å². The third-order valence-electron chi connectivity index (χ3n) is 2.40. The molecule has 0 aliphatic carbocycles. The van der Waals surface area contributed by atoms with Crippen molar-refractivity contribution in [3.8, 4) is 5.75 Å². The van der Waals surface area contributed by atoms with Crippen LogP contribution in [0.2, 0.25) is 0 Å². The molecule has 0 fully saturated rings. The number of methoxy groups -OCH3 is 1. The quantitative estimate of drug-likeness (QED) is 0.768. The molecule has 2 rings (SSSR count).